The van der Waals surface area contributed by atoms with Crippen molar-refractivity contribution in [3.63, 3.8) is 0 Å². The van der Waals surface area contributed by atoms with Crippen molar-refractivity contribution in [2.45, 2.75) is 32.2 Å². The van der Waals surface area contributed by atoms with E-state index in [1.165, 1.54) is 0 Å². The molecular formula is C13H23N3O2. The Morgan fingerprint density at radius 1 is 1.39 bits per heavy atom. The van der Waals surface area contributed by atoms with Crippen LogP contribution in [0.5, 0.6) is 0 Å². The Morgan fingerprint density at radius 3 is 2.89 bits per heavy atom. The highest BCUT2D eigenvalue weighted by Gasteiger charge is 2.30. The molecule has 5 heteroatoms. The van der Waals surface area contributed by atoms with Crippen LogP contribution >= 0.6 is 0 Å². The van der Waals surface area contributed by atoms with Crippen molar-refractivity contribution in [1.29, 1.82) is 0 Å². The number of hydrogen-bond donors (Lipinski definition) is 1. The van der Waals surface area contributed by atoms with Crippen LogP contribution in [0.3, 0.4) is 0 Å². The minimum atomic E-state index is -0.0926. The van der Waals surface area contributed by atoms with Gasteiger partial charge in [0.2, 0.25) is 11.8 Å². The van der Waals surface area contributed by atoms with Gasteiger partial charge in [-0.2, -0.15) is 0 Å². The standard InChI is InChI=1S/C13H23N3O2/c1-10-4-5-14-11(8-10)13(18)16-7-3-6-15(2)12(17)9-16/h10-11,14H,3-9H2,1-2H3. The quantitative estimate of drug-likeness (QED) is 0.719. The zero-order chi connectivity index (χ0) is 13.1. The van der Waals surface area contributed by atoms with Gasteiger partial charge in [0.1, 0.15) is 0 Å². The first-order valence-corrected chi connectivity index (χ1v) is 6.84. The second kappa shape index (κ2) is 5.69. The van der Waals surface area contributed by atoms with Gasteiger partial charge in [0.15, 0.2) is 0 Å². The summed E-state index contributed by atoms with van der Waals surface area (Å²) in [5.74, 6) is 0.737. The first kappa shape index (κ1) is 13.3. The molecule has 2 aliphatic rings. The lowest BCUT2D eigenvalue weighted by atomic mass is 9.93. The van der Waals surface area contributed by atoms with Gasteiger partial charge in [-0.05, 0) is 31.7 Å². The summed E-state index contributed by atoms with van der Waals surface area (Å²) in [6.45, 7) is 4.77. The van der Waals surface area contributed by atoms with Crippen LogP contribution in [0.2, 0.25) is 0 Å². The summed E-state index contributed by atoms with van der Waals surface area (Å²) in [6, 6.07) is -0.0926. The minimum Gasteiger partial charge on any atom is -0.344 e. The van der Waals surface area contributed by atoms with Gasteiger partial charge in [0, 0.05) is 20.1 Å². The van der Waals surface area contributed by atoms with E-state index in [1.807, 2.05) is 0 Å². The van der Waals surface area contributed by atoms with E-state index < -0.39 is 0 Å². The van der Waals surface area contributed by atoms with Crippen LogP contribution in [0.4, 0.5) is 0 Å². The molecule has 0 aliphatic carbocycles. The number of likely N-dealkylation sites (N-methyl/N-ethyl adjacent to an activating group) is 1. The van der Waals surface area contributed by atoms with E-state index in [4.69, 9.17) is 0 Å². The summed E-state index contributed by atoms with van der Waals surface area (Å²) >= 11 is 0. The highest BCUT2D eigenvalue weighted by Crippen LogP contribution is 2.17. The van der Waals surface area contributed by atoms with Gasteiger partial charge in [-0.25, -0.2) is 0 Å². The zero-order valence-electron chi connectivity index (χ0n) is 11.3. The fourth-order valence-corrected chi connectivity index (χ4v) is 2.69. The number of amides is 2. The highest BCUT2D eigenvalue weighted by molar-refractivity contribution is 5.87. The zero-order valence-corrected chi connectivity index (χ0v) is 11.3. The molecule has 0 spiro atoms. The molecule has 2 atom stereocenters. The Kier molecular flexibility index (Phi) is 4.22. The van der Waals surface area contributed by atoms with Gasteiger partial charge in [-0.1, -0.05) is 6.92 Å². The Bertz CT molecular complexity index is 332. The van der Waals surface area contributed by atoms with E-state index in [1.54, 1.807) is 16.8 Å². The van der Waals surface area contributed by atoms with Crippen molar-refractivity contribution in [1.82, 2.24) is 15.1 Å². The number of hydrogen-bond acceptors (Lipinski definition) is 3. The molecular weight excluding hydrogens is 230 g/mol. The number of nitrogens with zero attached hydrogens (tertiary/aromatic N) is 2. The molecule has 2 rings (SSSR count). The molecule has 2 fully saturated rings. The molecule has 2 heterocycles. The lowest BCUT2D eigenvalue weighted by molar-refractivity contribution is -0.140. The second-order valence-corrected chi connectivity index (χ2v) is 5.56. The Hall–Kier alpha value is -1.10. The predicted octanol–water partition coefficient (Wildman–Crippen LogP) is 0.0652. The molecule has 0 aromatic carbocycles. The van der Waals surface area contributed by atoms with Crippen LogP contribution in [0, 0.1) is 5.92 Å². The Balaban J connectivity index is 1.97. The molecule has 102 valence electrons. The summed E-state index contributed by atoms with van der Waals surface area (Å²) in [5, 5.41) is 3.28. The van der Waals surface area contributed by atoms with Gasteiger partial charge in [-0.3, -0.25) is 9.59 Å². The number of rotatable bonds is 1. The molecule has 0 aromatic rings. The van der Waals surface area contributed by atoms with Gasteiger partial charge in [0.05, 0.1) is 12.6 Å². The molecule has 1 N–H and O–H groups in total. The van der Waals surface area contributed by atoms with Gasteiger partial charge in [-0.15, -0.1) is 0 Å². The number of piperidine rings is 1. The van der Waals surface area contributed by atoms with E-state index in [0.717, 1.165) is 32.4 Å². The van der Waals surface area contributed by atoms with Crippen LogP contribution in [0.25, 0.3) is 0 Å². The van der Waals surface area contributed by atoms with Gasteiger partial charge < -0.3 is 15.1 Å². The highest BCUT2D eigenvalue weighted by atomic mass is 16.2. The molecule has 0 aromatic heterocycles. The van der Waals surface area contributed by atoms with Crippen LogP contribution in [0.1, 0.15) is 26.2 Å². The third kappa shape index (κ3) is 3.02. The van der Waals surface area contributed by atoms with E-state index in [-0.39, 0.29) is 24.4 Å². The maximum Gasteiger partial charge on any atom is 0.241 e. The third-order valence-electron chi connectivity index (χ3n) is 3.95. The molecule has 0 bridgehead atoms. The van der Waals surface area contributed by atoms with Crippen LogP contribution in [-0.4, -0.2) is 60.9 Å². The van der Waals surface area contributed by atoms with Crippen molar-refractivity contribution in [2.75, 3.05) is 33.2 Å². The minimum absolute atomic E-state index is 0.0460. The fraction of sp³-hybridized carbons (Fsp3) is 0.846. The smallest absolute Gasteiger partial charge is 0.241 e. The van der Waals surface area contributed by atoms with E-state index >= 15 is 0 Å². The molecule has 0 radical (unpaired) electrons. The molecule has 2 aliphatic heterocycles. The van der Waals surface area contributed by atoms with Gasteiger partial charge >= 0.3 is 0 Å². The second-order valence-electron chi connectivity index (χ2n) is 5.56. The largest absolute Gasteiger partial charge is 0.344 e. The number of nitrogens with one attached hydrogen (secondary N) is 1. The van der Waals surface area contributed by atoms with E-state index in [9.17, 15) is 9.59 Å². The van der Waals surface area contributed by atoms with Crippen molar-refractivity contribution < 1.29 is 9.59 Å². The molecule has 0 saturated carbocycles. The van der Waals surface area contributed by atoms with Crippen molar-refractivity contribution in [3.05, 3.63) is 0 Å². The summed E-state index contributed by atoms with van der Waals surface area (Å²) < 4.78 is 0. The molecule has 2 saturated heterocycles. The maximum atomic E-state index is 12.4. The summed E-state index contributed by atoms with van der Waals surface area (Å²) in [5.41, 5.74) is 0. The molecule has 2 amide bonds. The third-order valence-corrected chi connectivity index (χ3v) is 3.95. The van der Waals surface area contributed by atoms with Crippen LogP contribution < -0.4 is 5.32 Å². The summed E-state index contributed by atoms with van der Waals surface area (Å²) in [7, 11) is 1.80. The first-order chi connectivity index (χ1) is 8.58. The average molecular weight is 253 g/mol. The van der Waals surface area contributed by atoms with Crippen LogP contribution in [-0.2, 0) is 9.59 Å². The van der Waals surface area contributed by atoms with E-state index in [0.29, 0.717) is 12.5 Å². The maximum absolute atomic E-state index is 12.4. The van der Waals surface area contributed by atoms with E-state index in [2.05, 4.69) is 12.2 Å². The van der Waals surface area contributed by atoms with Crippen molar-refractivity contribution in [3.8, 4) is 0 Å². The summed E-state index contributed by atoms with van der Waals surface area (Å²) in [4.78, 5) is 27.6. The first-order valence-electron chi connectivity index (χ1n) is 6.84. The number of carbonyl (C=O) groups excluding carboxylic acids is 2. The lowest BCUT2D eigenvalue weighted by Crippen LogP contribution is -2.51. The number of carbonyl (C=O) groups is 2. The lowest BCUT2D eigenvalue weighted by Gasteiger charge is -2.31. The monoisotopic (exact) mass is 253 g/mol. The predicted molar refractivity (Wildman–Crippen MR) is 69.0 cm³/mol. The molecule has 5 nitrogen and oxygen atoms in total. The SMILES string of the molecule is CC1CCNC(C(=O)N2CCCN(C)C(=O)C2)C1. The molecule has 2 unspecified atom stereocenters. The Labute approximate surface area is 108 Å². The average Bonchev–Trinajstić information content (AvgIpc) is 2.51. The van der Waals surface area contributed by atoms with Crippen molar-refractivity contribution in [2.24, 2.45) is 5.92 Å². The Morgan fingerprint density at radius 2 is 2.17 bits per heavy atom. The normalized spacial score (nSPS) is 30.2. The van der Waals surface area contributed by atoms with Gasteiger partial charge in [0.25, 0.3) is 0 Å². The molecule has 18 heavy (non-hydrogen) atoms. The fourth-order valence-electron chi connectivity index (χ4n) is 2.69. The summed E-state index contributed by atoms with van der Waals surface area (Å²) in [6.07, 6.45) is 2.89. The topological polar surface area (TPSA) is 52.7 Å². The van der Waals surface area contributed by atoms with Crippen LogP contribution in [0.15, 0.2) is 0 Å². The van der Waals surface area contributed by atoms with Crippen molar-refractivity contribution >= 4 is 11.8 Å².